The molecule has 1 atom stereocenters. The number of ether oxygens (including phenoxy) is 1. The second-order valence-corrected chi connectivity index (χ2v) is 6.46. The Morgan fingerprint density at radius 1 is 1.39 bits per heavy atom. The lowest BCUT2D eigenvalue weighted by Crippen LogP contribution is -2.45. The maximum atomic E-state index is 11.9. The zero-order chi connectivity index (χ0) is 13.6. The summed E-state index contributed by atoms with van der Waals surface area (Å²) in [6, 6.07) is -1.21. The fourth-order valence-corrected chi connectivity index (χ4v) is 3.89. The molecule has 1 aliphatic rings. The summed E-state index contributed by atoms with van der Waals surface area (Å²) >= 11 is 0. The number of esters is 1. The minimum Gasteiger partial charge on any atom is -0.468 e. The molecule has 1 rings (SSSR count). The normalized spacial score (nSPS) is 19.4. The molecule has 2 N–H and O–H groups in total. The molecule has 0 radical (unpaired) electrons. The van der Waals surface area contributed by atoms with Crippen LogP contribution in [0.2, 0.25) is 0 Å². The highest BCUT2D eigenvalue weighted by atomic mass is 32.2. The minimum atomic E-state index is -3.56. The Balaban J connectivity index is 2.54. The molecule has 0 amide bonds. The number of nitrogens with one attached hydrogen (secondary N) is 1. The molecule has 7 heteroatoms. The summed E-state index contributed by atoms with van der Waals surface area (Å²) in [5.41, 5.74) is 0. The van der Waals surface area contributed by atoms with Gasteiger partial charge in [-0.05, 0) is 18.8 Å². The van der Waals surface area contributed by atoms with Gasteiger partial charge in [0.15, 0.2) is 0 Å². The standard InChI is InChI=1S/C11H21NO5S/c1-17-11(14)10(7-13)12-18(15,16)8-9-5-3-2-4-6-9/h9-10,12-13H,2-8H2,1H3. The summed E-state index contributed by atoms with van der Waals surface area (Å²) in [7, 11) is -2.41. The summed E-state index contributed by atoms with van der Waals surface area (Å²) in [6.07, 6.45) is 5.08. The van der Waals surface area contributed by atoms with Crippen molar-refractivity contribution in [3.8, 4) is 0 Å². The lowest BCUT2D eigenvalue weighted by Gasteiger charge is -2.22. The third-order valence-corrected chi connectivity index (χ3v) is 4.72. The molecule has 18 heavy (non-hydrogen) atoms. The van der Waals surface area contributed by atoms with Gasteiger partial charge in [-0.1, -0.05) is 19.3 Å². The third kappa shape index (κ3) is 4.91. The number of carbonyl (C=O) groups is 1. The summed E-state index contributed by atoms with van der Waals surface area (Å²) in [6.45, 7) is -0.601. The molecule has 0 spiro atoms. The second kappa shape index (κ2) is 7.06. The molecule has 6 nitrogen and oxygen atoms in total. The lowest BCUT2D eigenvalue weighted by atomic mass is 9.91. The SMILES string of the molecule is COC(=O)C(CO)NS(=O)(=O)CC1CCCCC1. The van der Waals surface area contributed by atoms with Crippen molar-refractivity contribution in [3.05, 3.63) is 0 Å². The third-order valence-electron chi connectivity index (χ3n) is 3.17. The van der Waals surface area contributed by atoms with Crippen LogP contribution in [-0.4, -0.2) is 45.0 Å². The van der Waals surface area contributed by atoms with Crippen LogP contribution in [0.25, 0.3) is 0 Å². The van der Waals surface area contributed by atoms with Crippen molar-refractivity contribution < 1.29 is 23.1 Å². The van der Waals surface area contributed by atoms with E-state index < -0.39 is 28.6 Å². The molecule has 0 heterocycles. The lowest BCUT2D eigenvalue weighted by molar-refractivity contribution is -0.143. The topological polar surface area (TPSA) is 92.7 Å². The van der Waals surface area contributed by atoms with E-state index in [1.807, 2.05) is 0 Å². The number of sulfonamides is 1. The van der Waals surface area contributed by atoms with Gasteiger partial charge in [-0.25, -0.2) is 8.42 Å². The van der Waals surface area contributed by atoms with Gasteiger partial charge in [0.25, 0.3) is 0 Å². The molecule has 106 valence electrons. The molecule has 0 aromatic carbocycles. The number of aliphatic hydroxyl groups excluding tert-OH is 1. The Hall–Kier alpha value is -0.660. The van der Waals surface area contributed by atoms with Crippen LogP contribution in [0, 0.1) is 5.92 Å². The van der Waals surface area contributed by atoms with E-state index in [4.69, 9.17) is 5.11 Å². The largest absolute Gasteiger partial charge is 0.468 e. The highest BCUT2D eigenvalue weighted by molar-refractivity contribution is 7.89. The Kier molecular flexibility index (Phi) is 6.04. The quantitative estimate of drug-likeness (QED) is 0.669. The average molecular weight is 279 g/mol. The highest BCUT2D eigenvalue weighted by Crippen LogP contribution is 2.24. The van der Waals surface area contributed by atoms with Crippen LogP contribution in [-0.2, 0) is 19.6 Å². The molecular formula is C11H21NO5S. The number of hydrogen-bond acceptors (Lipinski definition) is 5. The van der Waals surface area contributed by atoms with Gasteiger partial charge in [0.2, 0.25) is 10.0 Å². The van der Waals surface area contributed by atoms with Gasteiger partial charge in [0, 0.05) is 0 Å². The van der Waals surface area contributed by atoms with E-state index in [-0.39, 0.29) is 11.7 Å². The first-order valence-corrected chi connectivity index (χ1v) is 7.82. The predicted octanol–water partition coefficient (Wildman–Crippen LogP) is 0.0200. The molecule has 1 fully saturated rings. The van der Waals surface area contributed by atoms with Crippen molar-refractivity contribution >= 4 is 16.0 Å². The van der Waals surface area contributed by atoms with Gasteiger partial charge in [-0.3, -0.25) is 4.79 Å². The molecule has 0 aromatic heterocycles. The molecule has 1 aliphatic carbocycles. The maximum Gasteiger partial charge on any atom is 0.326 e. The van der Waals surface area contributed by atoms with Gasteiger partial charge in [0.1, 0.15) is 6.04 Å². The van der Waals surface area contributed by atoms with Crippen LogP contribution >= 0.6 is 0 Å². The van der Waals surface area contributed by atoms with Gasteiger partial charge in [-0.15, -0.1) is 0 Å². The van der Waals surface area contributed by atoms with Gasteiger partial charge >= 0.3 is 5.97 Å². The van der Waals surface area contributed by atoms with Gasteiger partial charge in [-0.2, -0.15) is 4.72 Å². The minimum absolute atomic E-state index is 0.0144. The Bertz CT molecular complexity index is 362. The highest BCUT2D eigenvalue weighted by Gasteiger charge is 2.27. The van der Waals surface area contributed by atoms with Crippen LogP contribution in [0.15, 0.2) is 0 Å². The van der Waals surface area contributed by atoms with E-state index in [2.05, 4.69) is 9.46 Å². The van der Waals surface area contributed by atoms with Crippen molar-refractivity contribution in [2.45, 2.75) is 38.1 Å². The summed E-state index contributed by atoms with van der Waals surface area (Å²) < 4.78 is 30.3. The molecule has 0 bridgehead atoms. The summed E-state index contributed by atoms with van der Waals surface area (Å²) in [5.74, 6) is -0.613. The van der Waals surface area contributed by atoms with E-state index in [1.54, 1.807) is 0 Å². The second-order valence-electron chi connectivity index (χ2n) is 4.66. The van der Waals surface area contributed by atoms with Crippen LogP contribution in [0.3, 0.4) is 0 Å². The monoisotopic (exact) mass is 279 g/mol. The number of methoxy groups -OCH3 is 1. The maximum absolute atomic E-state index is 11.9. The fourth-order valence-electron chi connectivity index (χ4n) is 2.23. The van der Waals surface area contributed by atoms with Crippen molar-refractivity contribution in [1.82, 2.24) is 4.72 Å². The number of aliphatic hydroxyl groups is 1. The van der Waals surface area contributed by atoms with Crippen molar-refractivity contribution in [3.63, 3.8) is 0 Å². The first kappa shape index (κ1) is 15.4. The zero-order valence-corrected chi connectivity index (χ0v) is 11.4. The van der Waals surface area contributed by atoms with E-state index in [9.17, 15) is 13.2 Å². The number of hydrogen-bond donors (Lipinski definition) is 2. The van der Waals surface area contributed by atoms with Crippen molar-refractivity contribution in [2.24, 2.45) is 5.92 Å². The Labute approximate surface area is 108 Å². The van der Waals surface area contributed by atoms with Gasteiger partial charge < -0.3 is 9.84 Å². The number of rotatable bonds is 6. The van der Waals surface area contributed by atoms with Crippen LogP contribution in [0.5, 0.6) is 0 Å². The van der Waals surface area contributed by atoms with Crippen molar-refractivity contribution in [1.29, 1.82) is 0 Å². The zero-order valence-electron chi connectivity index (χ0n) is 10.6. The van der Waals surface area contributed by atoms with Gasteiger partial charge in [0.05, 0.1) is 19.5 Å². The predicted molar refractivity (Wildman–Crippen MR) is 66.4 cm³/mol. The molecular weight excluding hydrogens is 258 g/mol. The first-order chi connectivity index (χ1) is 8.48. The Morgan fingerprint density at radius 3 is 2.50 bits per heavy atom. The summed E-state index contributed by atoms with van der Waals surface area (Å²) in [4.78, 5) is 11.2. The first-order valence-electron chi connectivity index (χ1n) is 6.17. The summed E-state index contributed by atoms with van der Waals surface area (Å²) in [5, 5.41) is 8.97. The molecule has 1 unspecified atom stereocenters. The molecule has 1 saturated carbocycles. The van der Waals surface area contributed by atoms with E-state index >= 15 is 0 Å². The average Bonchev–Trinajstić information content (AvgIpc) is 2.35. The smallest absolute Gasteiger partial charge is 0.326 e. The van der Waals surface area contributed by atoms with E-state index in [0.29, 0.717) is 0 Å². The fraction of sp³-hybridized carbons (Fsp3) is 0.909. The Morgan fingerprint density at radius 2 is 2.00 bits per heavy atom. The molecule has 0 aromatic rings. The van der Waals surface area contributed by atoms with Crippen LogP contribution in [0.4, 0.5) is 0 Å². The number of carbonyl (C=O) groups excluding carboxylic acids is 1. The van der Waals surface area contributed by atoms with Crippen molar-refractivity contribution in [2.75, 3.05) is 19.5 Å². The molecule has 0 saturated heterocycles. The van der Waals surface area contributed by atoms with E-state index in [0.717, 1.165) is 39.2 Å². The van der Waals surface area contributed by atoms with Crippen LogP contribution < -0.4 is 4.72 Å². The van der Waals surface area contributed by atoms with Crippen LogP contribution in [0.1, 0.15) is 32.1 Å². The van der Waals surface area contributed by atoms with E-state index in [1.165, 1.54) is 0 Å². The molecule has 0 aliphatic heterocycles.